The summed E-state index contributed by atoms with van der Waals surface area (Å²) in [5.74, 6) is -1.70. The van der Waals surface area contributed by atoms with Crippen molar-refractivity contribution in [3.8, 4) is 0 Å². The predicted octanol–water partition coefficient (Wildman–Crippen LogP) is 6.34. The lowest BCUT2D eigenvalue weighted by Gasteiger charge is -2.38. The van der Waals surface area contributed by atoms with Crippen LogP contribution in [0.1, 0.15) is 53.5 Å². The summed E-state index contributed by atoms with van der Waals surface area (Å²) in [6.07, 6.45) is 5.92. The van der Waals surface area contributed by atoms with Crippen LogP contribution >= 0.6 is 24.8 Å². The molecular weight excluding hydrogens is 462 g/mol. The van der Waals surface area contributed by atoms with Crippen LogP contribution in [0.2, 0.25) is 0 Å². The Hall–Kier alpha value is -2.36. The molecular formula is C28H37NO3S2. The van der Waals surface area contributed by atoms with Gasteiger partial charge >= 0.3 is 5.97 Å². The van der Waals surface area contributed by atoms with Crippen LogP contribution in [0, 0.1) is 23.2 Å². The van der Waals surface area contributed by atoms with Gasteiger partial charge in [-0.3, -0.25) is 9.59 Å². The molecule has 1 aliphatic rings. The molecule has 0 saturated heterocycles. The van der Waals surface area contributed by atoms with E-state index in [0.29, 0.717) is 23.7 Å². The van der Waals surface area contributed by atoms with Crippen molar-refractivity contribution in [1.82, 2.24) is 4.90 Å². The Kier molecular flexibility index (Phi) is 12.3. The summed E-state index contributed by atoms with van der Waals surface area (Å²) in [6.45, 7) is 13.0. The number of hydrogen-bond donors (Lipinski definition) is 2. The highest BCUT2D eigenvalue weighted by atomic mass is 32.1. The molecule has 1 N–H and O–H groups in total. The summed E-state index contributed by atoms with van der Waals surface area (Å²) in [5, 5.41) is 9.59. The van der Waals surface area contributed by atoms with Crippen LogP contribution in [0.4, 0.5) is 0 Å². The molecule has 6 heteroatoms. The number of carbonyl (C=O) groups excluding carboxylic acids is 1. The van der Waals surface area contributed by atoms with E-state index in [0.717, 1.165) is 11.1 Å². The molecule has 0 aromatic heterocycles. The third-order valence-corrected chi connectivity index (χ3v) is 6.47. The molecule has 0 bridgehead atoms. The third-order valence-electron chi connectivity index (χ3n) is 5.98. The normalized spacial score (nSPS) is 14.1. The van der Waals surface area contributed by atoms with Gasteiger partial charge < -0.3 is 10.0 Å². The smallest absolute Gasteiger partial charge is 0.306 e. The van der Waals surface area contributed by atoms with Gasteiger partial charge in [0, 0.05) is 18.7 Å². The Labute approximate surface area is 215 Å². The second-order valence-electron chi connectivity index (χ2n) is 9.25. The van der Waals surface area contributed by atoms with E-state index in [2.05, 4.69) is 24.1 Å². The maximum absolute atomic E-state index is 13.2. The second kappa shape index (κ2) is 14.1. The fraction of sp³-hybridized carbons (Fsp3) is 0.464. The predicted molar refractivity (Wildman–Crippen MR) is 147 cm³/mol. The van der Waals surface area contributed by atoms with Gasteiger partial charge in [-0.2, -0.15) is 0 Å². The maximum Gasteiger partial charge on any atom is 0.306 e. The van der Waals surface area contributed by atoms with Crippen molar-refractivity contribution in [3.05, 3.63) is 71.2 Å². The molecule has 2 atom stereocenters. The van der Waals surface area contributed by atoms with Crippen LogP contribution in [0.15, 0.2) is 65.6 Å². The van der Waals surface area contributed by atoms with Gasteiger partial charge in [-0.25, -0.2) is 0 Å². The number of hydrogen-bond acceptors (Lipinski definition) is 3. The lowest BCUT2D eigenvalue weighted by atomic mass is 9.67. The summed E-state index contributed by atoms with van der Waals surface area (Å²) in [5.41, 5.74) is 7.27. The largest absolute Gasteiger partial charge is 0.481 e. The van der Waals surface area contributed by atoms with Crippen LogP contribution in [0.5, 0.6) is 0 Å². The van der Waals surface area contributed by atoms with Crippen molar-refractivity contribution < 1.29 is 14.7 Å². The Morgan fingerprint density at radius 2 is 1.74 bits per heavy atom. The summed E-state index contributed by atoms with van der Waals surface area (Å²) in [4.78, 5) is 26.7. The SMILES string of the molecule is CCN(CC)C(=O)C(C1=C=C=CC=C1)C(C)(C)CC(C(=O)O)C(C)C.S=C(S)c1ccccc1. The Morgan fingerprint density at radius 1 is 1.15 bits per heavy atom. The highest BCUT2D eigenvalue weighted by molar-refractivity contribution is 8.11. The summed E-state index contributed by atoms with van der Waals surface area (Å²) in [6, 6.07) is 9.72. The van der Waals surface area contributed by atoms with Gasteiger partial charge in [0.2, 0.25) is 5.91 Å². The quantitative estimate of drug-likeness (QED) is 0.224. The van der Waals surface area contributed by atoms with E-state index in [1.54, 1.807) is 11.0 Å². The minimum atomic E-state index is -0.805. The average Bonchev–Trinajstić information content (AvgIpc) is 2.79. The highest BCUT2D eigenvalue weighted by Gasteiger charge is 2.42. The first-order chi connectivity index (χ1) is 16.0. The van der Waals surface area contributed by atoms with E-state index in [1.165, 1.54) is 0 Å². The fourth-order valence-corrected chi connectivity index (χ4v) is 4.30. The van der Waals surface area contributed by atoms with Gasteiger partial charge in [-0.15, -0.1) is 12.6 Å². The van der Waals surface area contributed by atoms with Crippen LogP contribution in [0.25, 0.3) is 0 Å². The van der Waals surface area contributed by atoms with Crippen LogP contribution < -0.4 is 0 Å². The van der Waals surface area contributed by atoms with Crippen molar-refractivity contribution >= 4 is 40.9 Å². The van der Waals surface area contributed by atoms with E-state index in [9.17, 15) is 14.7 Å². The zero-order valence-corrected chi connectivity index (χ0v) is 22.7. The van der Waals surface area contributed by atoms with Gasteiger partial charge in [0.25, 0.3) is 0 Å². The number of carboxylic acids is 1. The number of carbonyl (C=O) groups is 2. The maximum atomic E-state index is 13.2. The molecule has 2 unspecified atom stereocenters. The number of benzene rings is 1. The summed E-state index contributed by atoms with van der Waals surface area (Å²) >= 11 is 8.85. The van der Waals surface area contributed by atoms with Gasteiger partial charge in [0.1, 0.15) is 0 Å². The first kappa shape index (κ1) is 29.7. The minimum Gasteiger partial charge on any atom is -0.481 e. The molecule has 0 aliphatic heterocycles. The number of amides is 1. The topological polar surface area (TPSA) is 57.6 Å². The lowest BCUT2D eigenvalue weighted by molar-refractivity contribution is -0.147. The molecule has 1 aromatic rings. The molecule has 0 saturated carbocycles. The molecule has 0 heterocycles. The fourth-order valence-electron chi connectivity index (χ4n) is 4.01. The monoisotopic (exact) mass is 499 g/mol. The van der Waals surface area contributed by atoms with E-state index in [-0.39, 0.29) is 11.8 Å². The number of thiocarbonyl (C=S) groups is 1. The molecule has 34 heavy (non-hydrogen) atoms. The summed E-state index contributed by atoms with van der Waals surface area (Å²) in [7, 11) is 0. The van der Waals surface area contributed by atoms with E-state index in [1.807, 2.05) is 84.0 Å². The molecule has 1 amide bonds. The zero-order chi connectivity index (χ0) is 25.9. The lowest BCUT2D eigenvalue weighted by Crippen LogP contribution is -2.44. The molecule has 0 spiro atoms. The van der Waals surface area contributed by atoms with Gasteiger partial charge in [0.15, 0.2) is 0 Å². The second-order valence-corrected chi connectivity index (χ2v) is 10.4. The standard InChI is InChI=1S/C21H31NO3.C7H6S2/c1-7-22(8-2)19(23)18(16-12-10-9-11-13-16)21(5,6)14-17(15(3)4)20(24)25;8-7(9)6-4-2-1-3-5-6/h9-10,12,15,17-18H,7-8,14H2,1-6H3,(H,24,25);1-5H,(H,8,9). The molecule has 2 rings (SSSR count). The molecule has 0 radical (unpaired) electrons. The van der Waals surface area contributed by atoms with Gasteiger partial charge in [-0.05, 0) is 49.3 Å². The van der Waals surface area contributed by atoms with Crippen molar-refractivity contribution in [2.45, 2.75) is 48.0 Å². The number of carboxylic acid groups (broad SMARTS) is 1. The first-order valence-electron chi connectivity index (χ1n) is 11.6. The first-order valence-corrected chi connectivity index (χ1v) is 12.5. The zero-order valence-electron chi connectivity index (χ0n) is 21.0. The van der Waals surface area contributed by atoms with Crippen molar-refractivity contribution in [2.75, 3.05) is 13.1 Å². The van der Waals surface area contributed by atoms with Crippen LogP contribution in [0.3, 0.4) is 0 Å². The summed E-state index contributed by atoms with van der Waals surface area (Å²) < 4.78 is 0.649. The van der Waals surface area contributed by atoms with Gasteiger partial charge in [0.05, 0.1) is 16.0 Å². The highest BCUT2D eigenvalue weighted by Crippen LogP contribution is 2.41. The third kappa shape index (κ3) is 8.77. The van der Waals surface area contributed by atoms with Gasteiger partial charge in [-0.1, -0.05) is 87.8 Å². The Bertz CT molecular complexity index is 978. The molecule has 1 aromatic carbocycles. The molecule has 1 aliphatic carbocycles. The van der Waals surface area contributed by atoms with Crippen molar-refractivity contribution in [3.63, 3.8) is 0 Å². The molecule has 4 nitrogen and oxygen atoms in total. The number of allylic oxidation sites excluding steroid dienone is 3. The van der Waals surface area contributed by atoms with Crippen LogP contribution in [-0.2, 0) is 9.59 Å². The van der Waals surface area contributed by atoms with E-state index in [4.69, 9.17) is 12.2 Å². The Balaban J connectivity index is 0.000000533. The van der Waals surface area contributed by atoms with E-state index < -0.39 is 23.2 Å². The van der Waals surface area contributed by atoms with E-state index >= 15 is 0 Å². The Morgan fingerprint density at radius 3 is 2.12 bits per heavy atom. The number of rotatable bonds is 10. The average molecular weight is 500 g/mol. The number of nitrogens with zero attached hydrogens (tertiary/aromatic N) is 1. The van der Waals surface area contributed by atoms with Crippen LogP contribution in [-0.4, -0.2) is 39.2 Å². The number of thiol groups is 1. The molecule has 184 valence electrons. The number of aliphatic carboxylic acids is 1. The van der Waals surface area contributed by atoms with Crippen molar-refractivity contribution in [2.24, 2.45) is 23.2 Å². The molecule has 0 fully saturated rings. The van der Waals surface area contributed by atoms with Crippen molar-refractivity contribution in [1.29, 1.82) is 0 Å². The minimum absolute atomic E-state index is 0.00676.